The molecule has 0 aromatic carbocycles. The van der Waals surface area contributed by atoms with Crippen molar-refractivity contribution in [2.75, 3.05) is 24.7 Å². The van der Waals surface area contributed by atoms with Crippen LogP contribution in [0.3, 0.4) is 0 Å². The zero-order valence-electron chi connectivity index (χ0n) is 19.7. The van der Waals surface area contributed by atoms with Gasteiger partial charge >= 0.3 is 18.0 Å². The number of rotatable bonds is 13. The first kappa shape index (κ1) is 27.6. The van der Waals surface area contributed by atoms with Crippen molar-refractivity contribution >= 4 is 41.1 Å². The number of aromatic hydroxyl groups is 1. The molecule has 0 aliphatic heterocycles. The average Bonchev–Trinajstić information content (AvgIpc) is 3.22. The first-order chi connectivity index (χ1) is 16.7. The summed E-state index contributed by atoms with van der Waals surface area (Å²) in [4.78, 5) is 43.6. The summed E-state index contributed by atoms with van der Waals surface area (Å²) in [5.41, 5.74) is 12.7. The van der Waals surface area contributed by atoms with E-state index in [2.05, 4.69) is 15.3 Å². The molecule has 0 radical (unpaired) electrons. The number of ether oxygens (including phenoxy) is 3. The molecule has 0 spiro atoms. The Kier molecular flexibility index (Phi) is 11.0. The number of unbranched alkanes of at least 4 members (excludes halogenated alkanes) is 1. The lowest BCUT2D eigenvalue weighted by Crippen LogP contribution is -2.43. The van der Waals surface area contributed by atoms with E-state index in [0.29, 0.717) is 23.5 Å². The molecule has 2 heterocycles. The number of aryl methyl sites for hydroxylation is 1. The summed E-state index contributed by atoms with van der Waals surface area (Å²) in [6.07, 6.45) is 1.87. The Balaban J connectivity index is 1.82. The number of carbonyl (C=O) groups is 3. The van der Waals surface area contributed by atoms with E-state index in [-0.39, 0.29) is 43.7 Å². The van der Waals surface area contributed by atoms with Gasteiger partial charge in [0.05, 0.1) is 18.8 Å². The fourth-order valence-corrected chi connectivity index (χ4v) is 3.96. The van der Waals surface area contributed by atoms with Crippen molar-refractivity contribution in [3.63, 3.8) is 0 Å². The van der Waals surface area contributed by atoms with Gasteiger partial charge in [-0.3, -0.25) is 4.79 Å². The van der Waals surface area contributed by atoms with Crippen molar-refractivity contribution in [3.05, 3.63) is 22.6 Å². The van der Waals surface area contributed by atoms with Crippen LogP contribution in [0, 0.1) is 0 Å². The molecule has 13 heteroatoms. The van der Waals surface area contributed by atoms with Crippen molar-refractivity contribution in [2.24, 2.45) is 0 Å². The molecule has 12 nitrogen and oxygen atoms in total. The number of thiophene rings is 1. The average molecular weight is 510 g/mol. The lowest BCUT2D eigenvalue weighted by atomic mass is 10.1. The third-order valence-electron chi connectivity index (χ3n) is 4.81. The second-order valence-electron chi connectivity index (χ2n) is 7.43. The van der Waals surface area contributed by atoms with E-state index >= 15 is 0 Å². The summed E-state index contributed by atoms with van der Waals surface area (Å²) in [6.45, 7) is 3.69. The van der Waals surface area contributed by atoms with Crippen molar-refractivity contribution < 1.29 is 33.7 Å². The van der Waals surface area contributed by atoms with Crippen molar-refractivity contribution in [2.45, 2.75) is 58.4 Å². The van der Waals surface area contributed by atoms with Crippen LogP contribution in [0.4, 0.5) is 16.6 Å². The minimum absolute atomic E-state index is 0.0293. The topological polar surface area (TPSA) is 189 Å². The monoisotopic (exact) mass is 509 g/mol. The van der Waals surface area contributed by atoms with Crippen LogP contribution in [-0.2, 0) is 31.9 Å². The van der Waals surface area contributed by atoms with Crippen LogP contribution >= 0.6 is 11.3 Å². The van der Waals surface area contributed by atoms with E-state index in [1.165, 1.54) is 11.3 Å². The van der Waals surface area contributed by atoms with Gasteiger partial charge in [-0.25, -0.2) is 9.59 Å². The van der Waals surface area contributed by atoms with Crippen LogP contribution in [0.5, 0.6) is 10.9 Å². The summed E-state index contributed by atoms with van der Waals surface area (Å²) in [5, 5.41) is 14.5. The number of nitrogens with two attached hydrogens (primary N) is 2. The Morgan fingerprint density at radius 1 is 1.11 bits per heavy atom. The first-order valence-corrected chi connectivity index (χ1v) is 12.1. The molecule has 35 heavy (non-hydrogen) atoms. The van der Waals surface area contributed by atoms with Crippen LogP contribution in [0.2, 0.25) is 0 Å². The lowest BCUT2D eigenvalue weighted by Gasteiger charge is -2.16. The van der Waals surface area contributed by atoms with Crippen LogP contribution in [0.1, 0.15) is 50.7 Å². The van der Waals surface area contributed by atoms with Gasteiger partial charge in [0.2, 0.25) is 11.8 Å². The van der Waals surface area contributed by atoms with Crippen LogP contribution in [0.15, 0.2) is 11.4 Å². The largest absolute Gasteiger partial charge is 0.493 e. The molecule has 192 valence electrons. The maximum atomic E-state index is 12.3. The van der Waals surface area contributed by atoms with Gasteiger partial charge in [0, 0.05) is 6.42 Å². The molecule has 1 atom stereocenters. The predicted octanol–water partition coefficient (Wildman–Crippen LogP) is 2.34. The van der Waals surface area contributed by atoms with E-state index < -0.39 is 24.1 Å². The molecule has 0 aliphatic rings. The summed E-state index contributed by atoms with van der Waals surface area (Å²) < 4.78 is 15.1. The van der Waals surface area contributed by atoms with Gasteiger partial charge in [-0.2, -0.15) is 9.97 Å². The van der Waals surface area contributed by atoms with Gasteiger partial charge in [-0.1, -0.05) is 0 Å². The number of carbonyl (C=O) groups excluding carboxylic acids is 3. The number of amides is 1. The number of hydrogen-bond donors (Lipinski definition) is 4. The molecule has 2 aromatic rings. The Hall–Kier alpha value is -3.61. The number of esters is 2. The third kappa shape index (κ3) is 9.27. The van der Waals surface area contributed by atoms with E-state index in [1.807, 2.05) is 5.38 Å². The van der Waals surface area contributed by atoms with Crippen molar-refractivity contribution in [3.8, 4) is 10.9 Å². The highest BCUT2D eigenvalue weighted by molar-refractivity contribution is 7.12. The predicted molar refractivity (Wildman–Crippen MR) is 129 cm³/mol. The molecule has 0 fully saturated rings. The molecule has 0 bridgehead atoms. The van der Waals surface area contributed by atoms with Crippen LogP contribution in [-0.4, -0.2) is 52.4 Å². The third-order valence-corrected chi connectivity index (χ3v) is 5.66. The maximum Gasteiger partial charge on any atom is 0.414 e. The second-order valence-corrected chi connectivity index (χ2v) is 8.31. The van der Waals surface area contributed by atoms with E-state index in [0.717, 1.165) is 18.4 Å². The number of nitrogens with one attached hydrogen (secondary N) is 1. The van der Waals surface area contributed by atoms with Crippen molar-refractivity contribution in [1.29, 1.82) is 0 Å². The molecule has 0 saturated heterocycles. The Morgan fingerprint density at radius 3 is 2.51 bits per heavy atom. The number of hydrogen-bond acceptors (Lipinski definition) is 12. The summed E-state index contributed by atoms with van der Waals surface area (Å²) >= 11 is 1.24. The minimum Gasteiger partial charge on any atom is -0.493 e. The summed E-state index contributed by atoms with van der Waals surface area (Å²) in [5.74, 6) is -1.25. The minimum atomic E-state index is -1.03. The van der Waals surface area contributed by atoms with Gasteiger partial charge < -0.3 is 36.1 Å². The molecule has 6 N–H and O–H groups in total. The normalized spacial score (nSPS) is 11.5. The molecular formula is C22H31N5O7S. The molecule has 0 aliphatic carbocycles. The summed E-state index contributed by atoms with van der Waals surface area (Å²) in [7, 11) is 0. The number of anilines is 2. The van der Waals surface area contributed by atoms with Crippen molar-refractivity contribution in [1.82, 2.24) is 15.3 Å². The molecule has 0 saturated carbocycles. The number of nitrogens with zero attached hydrogens (tertiary/aromatic N) is 2. The van der Waals surface area contributed by atoms with Crippen LogP contribution in [0.25, 0.3) is 0 Å². The Bertz CT molecular complexity index is 991. The van der Waals surface area contributed by atoms with Gasteiger partial charge in [0.25, 0.3) is 0 Å². The Morgan fingerprint density at radius 2 is 1.83 bits per heavy atom. The zero-order chi connectivity index (χ0) is 25.8. The fourth-order valence-electron chi connectivity index (χ4n) is 3.17. The fraction of sp³-hybridized carbons (Fsp3) is 0.500. The van der Waals surface area contributed by atoms with Gasteiger partial charge in [0.15, 0.2) is 5.06 Å². The van der Waals surface area contributed by atoms with Gasteiger partial charge in [-0.05, 0) is 63.0 Å². The maximum absolute atomic E-state index is 12.3. The highest BCUT2D eigenvalue weighted by atomic mass is 32.1. The highest BCUT2D eigenvalue weighted by Crippen LogP contribution is 2.26. The molecule has 2 aromatic heterocycles. The zero-order valence-corrected chi connectivity index (χ0v) is 20.6. The molecule has 1 amide bonds. The van der Waals surface area contributed by atoms with Gasteiger partial charge in [-0.15, -0.1) is 11.3 Å². The molecular weight excluding hydrogens is 478 g/mol. The molecule has 2 rings (SSSR count). The SMILES string of the molecule is CCOC(=O)CC[C@H](NC(=O)Oc1cc(CCCCc2c(N)nc(N)nc2O)cs1)C(=O)OCC. The molecule has 0 unspecified atom stereocenters. The first-order valence-electron chi connectivity index (χ1n) is 11.2. The number of aromatic nitrogens is 2. The number of nitrogen functional groups attached to an aromatic ring is 2. The quantitative estimate of drug-likeness (QED) is 0.229. The highest BCUT2D eigenvalue weighted by Gasteiger charge is 2.24. The van der Waals surface area contributed by atoms with Crippen LogP contribution < -0.4 is 21.5 Å². The lowest BCUT2D eigenvalue weighted by molar-refractivity contribution is -0.146. The van der Waals surface area contributed by atoms with Gasteiger partial charge in [0.1, 0.15) is 11.9 Å². The second kappa shape index (κ2) is 13.9. The van der Waals surface area contributed by atoms with E-state index in [9.17, 15) is 19.5 Å². The van der Waals surface area contributed by atoms with E-state index in [1.54, 1.807) is 19.9 Å². The van der Waals surface area contributed by atoms with E-state index in [4.69, 9.17) is 25.7 Å². The summed E-state index contributed by atoms with van der Waals surface area (Å²) in [6, 6.07) is 0.702. The Labute approximate surface area is 207 Å². The standard InChI is InChI=1S/C22H31N5O7S/c1-3-32-16(28)10-9-15(20(30)33-4-2)25-22(31)34-17-11-13(12-35-17)7-5-6-8-14-18(23)26-21(24)27-19(14)29/h11-12,15H,3-10H2,1-2H3,(H,25,31)(H5,23,24,26,27,29)/t15-/m0/s1. The smallest absolute Gasteiger partial charge is 0.414 e.